The van der Waals surface area contributed by atoms with Crippen LogP contribution in [0, 0.1) is 17.8 Å². The zero-order chi connectivity index (χ0) is 59.5. The Labute approximate surface area is 466 Å². The van der Waals surface area contributed by atoms with Crippen molar-refractivity contribution < 1.29 is 58.5 Å². The number of aromatic amines is 1. The number of imidazole rings is 1. The highest BCUT2D eigenvalue weighted by Gasteiger charge is 2.36. The Kier molecular flexibility index (Phi) is 29.9. The summed E-state index contributed by atoms with van der Waals surface area (Å²) in [6.07, 6.45) is 2.82. The Bertz CT molecular complexity index is 2320. The highest BCUT2D eigenvalue weighted by Crippen LogP contribution is 2.15. The third-order valence-corrected chi connectivity index (χ3v) is 12.7. The molecule has 20 N–H and O–H groups in total. The number of phenols is 1. The number of carbonyl (C=O) groups is 9. The monoisotopic (exact) mass is 1130 g/mol. The lowest BCUT2D eigenvalue weighted by atomic mass is 9.98. The minimum Gasteiger partial charge on any atom is -0.508 e. The summed E-state index contributed by atoms with van der Waals surface area (Å²) in [5.74, 6) is -9.51. The number of unbranched alkanes of at least 4 members (excludes halogenated alkanes) is 1. The second-order valence-electron chi connectivity index (χ2n) is 20.6. The number of phenolic OH excluding ortho intramolecular Hbond substituents is 1. The van der Waals surface area contributed by atoms with Crippen LogP contribution in [0.2, 0.25) is 0 Å². The second-order valence-corrected chi connectivity index (χ2v) is 21.0. The van der Waals surface area contributed by atoms with Gasteiger partial charge in [-0.3, -0.25) is 43.3 Å². The number of thiol groups is 1. The molecule has 0 aliphatic carbocycles. The average Bonchev–Trinajstić information content (AvgIpc) is 3.89. The highest BCUT2D eigenvalue weighted by molar-refractivity contribution is 7.80. The van der Waals surface area contributed by atoms with Crippen molar-refractivity contribution in [3.05, 3.63) is 48.0 Å². The molecule has 0 bridgehead atoms. The van der Waals surface area contributed by atoms with E-state index >= 15 is 0 Å². The number of benzene rings is 1. The smallest absolute Gasteiger partial charge is 0.328 e. The molecule has 1 aromatic carbocycles. The first-order valence-corrected chi connectivity index (χ1v) is 27.0. The van der Waals surface area contributed by atoms with E-state index in [2.05, 4.69) is 70.1 Å². The van der Waals surface area contributed by atoms with Crippen LogP contribution < -0.4 is 65.5 Å². The number of rotatable bonds is 36. The summed E-state index contributed by atoms with van der Waals surface area (Å²) in [4.78, 5) is 134. The molecule has 0 unspecified atom stereocenters. The largest absolute Gasteiger partial charge is 0.508 e. The Hall–Kier alpha value is -7.04. The number of aromatic hydroxyl groups is 1. The molecule has 0 radical (unpaired) electrons. The molecule has 0 aliphatic heterocycles. The van der Waals surface area contributed by atoms with E-state index in [1.165, 1.54) is 36.8 Å². The summed E-state index contributed by atoms with van der Waals surface area (Å²) >= 11 is 4.15. The van der Waals surface area contributed by atoms with Crippen molar-refractivity contribution in [2.45, 2.75) is 167 Å². The summed E-state index contributed by atoms with van der Waals surface area (Å²) in [6, 6.07) is -6.21. The van der Waals surface area contributed by atoms with Crippen LogP contribution in [0.5, 0.6) is 5.75 Å². The number of guanidine groups is 1. The van der Waals surface area contributed by atoms with Gasteiger partial charge < -0.3 is 85.8 Å². The maximum absolute atomic E-state index is 14.6. The molecule has 1 aromatic heterocycles. The van der Waals surface area contributed by atoms with E-state index in [4.69, 9.17) is 22.9 Å². The number of aliphatic hydroxyl groups is 1. The van der Waals surface area contributed by atoms with Crippen molar-refractivity contribution in [2.24, 2.45) is 45.7 Å². The first-order chi connectivity index (χ1) is 37.2. The van der Waals surface area contributed by atoms with Crippen LogP contribution in [0.4, 0.5) is 0 Å². The van der Waals surface area contributed by atoms with Crippen LogP contribution in [0.25, 0.3) is 0 Å². The molecule has 0 aliphatic rings. The number of carboxylic acids is 1. The fourth-order valence-electron chi connectivity index (χ4n) is 7.98. The van der Waals surface area contributed by atoms with Crippen molar-refractivity contribution in [3.8, 4) is 5.75 Å². The topological polar surface area (TPSA) is 456 Å². The molecule has 0 spiro atoms. The predicted octanol–water partition coefficient (Wildman–Crippen LogP) is -2.57. The maximum Gasteiger partial charge on any atom is 0.328 e. The van der Waals surface area contributed by atoms with Gasteiger partial charge in [-0.05, 0) is 87.4 Å². The SMILES string of the molecule is CC(C)C[C@H](NC(=O)[C@H](Cc1ccc(O)cc1)NC(=O)[C@@H](NC(=O)[C@H](CCCN=C(N)N)NC(=O)[C@H](CC(C)C)NC(=O)[C@@H](N)CCCCN)C(C)C)C(=O)N[C@@H](Cc1cnc[nH]1)C(=O)N[C@@H](CS)C(=O)N[C@H](C(=O)O)[C@@H](C)O. The van der Waals surface area contributed by atoms with Gasteiger partial charge in [-0.1, -0.05) is 60.1 Å². The Morgan fingerprint density at radius 3 is 1.59 bits per heavy atom. The average molecular weight is 1130 g/mol. The fraction of sp³-hybridized carbons (Fsp3) is 0.627. The summed E-state index contributed by atoms with van der Waals surface area (Å²) in [6.45, 7) is 12.2. The molecule has 0 saturated carbocycles. The van der Waals surface area contributed by atoms with Gasteiger partial charge in [0, 0.05) is 37.0 Å². The molecular weight excluding hydrogens is 1050 g/mol. The molecule has 10 atom stereocenters. The van der Waals surface area contributed by atoms with Gasteiger partial charge in [0.2, 0.25) is 47.3 Å². The highest BCUT2D eigenvalue weighted by atomic mass is 32.1. The quantitative estimate of drug-likeness (QED) is 0.0144. The molecule has 2 aromatic rings. The Morgan fingerprint density at radius 1 is 0.620 bits per heavy atom. The number of aliphatic imine (C=N–C) groups is 1. The molecule has 79 heavy (non-hydrogen) atoms. The number of H-pyrrole nitrogens is 1. The van der Waals surface area contributed by atoms with E-state index in [-0.39, 0.29) is 74.4 Å². The summed E-state index contributed by atoms with van der Waals surface area (Å²) < 4.78 is 0. The number of nitrogens with one attached hydrogen (secondary N) is 9. The minimum absolute atomic E-state index is 0.0116. The minimum atomic E-state index is -1.71. The van der Waals surface area contributed by atoms with Crippen LogP contribution in [0.1, 0.15) is 105 Å². The van der Waals surface area contributed by atoms with Gasteiger partial charge in [-0.2, -0.15) is 12.6 Å². The number of carbonyl (C=O) groups excluding carboxylic acids is 8. The molecule has 442 valence electrons. The van der Waals surface area contributed by atoms with Crippen molar-refractivity contribution in [2.75, 3.05) is 18.8 Å². The zero-order valence-electron chi connectivity index (χ0n) is 46.1. The molecule has 1 heterocycles. The van der Waals surface area contributed by atoms with Gasteiger partial charge in [-0.15, -0.1) is 0 Å². The number of hydrogen-bond acceptors (Lipinski definition) is 16. The lowest BCUT2D eigenvalue weighted by Crippen LogP contribution is -2.61. The van der Waals surface area contributed by atoms with Gasteiger partial charge in [-0.25, -0.2) is 9.78 Å². The zero-order valence-corrected chi connectivity index (χ0v) is 47.0. The van der Waals surface area contributed by atoms with Crippen LogP contribution in [-0.4, -0.2) is 164 Å². The fourth-order valence-corrected chi connectivity index (χ4v) is 8.23. The van der Waals surface area contributed by atoms with Crippen LogP contribution in [0.15, 0.2) is 41.8 Å². The molecule has 0 fully saturated rings. The van der Waals surface area contributed by atoms with Gasteiger partial charge >= 0.3 is 5.97 Å². The number of aliphatic hydroxyl groups excluding tert-OH is 1. The third-order valence-electron chi connectivity index (χ3n) is 12.3. The van der Waals surface area contributed by atoms with E-state index in [0.717, 1.165) is 6.92 Å². The van der Waals surface area contributed by atoms with Crippen LogP contribution >= 0.6 is 12.6 Å². The number of amides is 8. The summed E-state index contributed by atoms with van der Waals surface area (Å²) in [5, 5.41) is 50.3. The number of nitrogens with zero attached hydrogens (tertiary/aromatic N) is 2. The number of aliphatic carboxylic acids is 1. The van der Waals surface area contributed by atoms with Gasteiger partial charge in [0.25, 0.3) is 0 Å². The van der Waals surface area contributed by atoms with Crippen molar-refractivity contribution in [1.29, 1.82) is 0 Å². The van der Waals surface area contributed by atoms with E-state index in [1.54, 1.807) is 27.7 Å². The van der Waals surface area contributed by atoms with Crippen molar-refractivity contribution in [1.82, 2.24) is 52.5 Å². The lowest BCUT2D eigenvalue weighted by molar-refractivity contribution is -0.145. The molecular formula is C51H85N15O12S. The first kappa shape index (κ1) is 68.1. The van der Waals surface area contributed by atoms with Gasteiger partial charge in [0.1, 0.15) is 48.0 Å². The molecule has 28 heteroatoms. The summed E-state index contributed by atoms with van der Waals surface area (Å²) in [7, 11) is 0. The van der Waals surface area contributed by atoms with Crippen molar-refractivity contribution >= 4 is 71.8 Å². The summed E-state index contributed by atoms with van der Waals surface area (Å²) in [5.41, 5.74) is 23.6. The van der Waals surface area contributed by atoms with Gasteiger partial charge in [0.05, 0.1) is 18.5 Å². The number of aromatic nitrogens is 2. The van der Waals surface area contributed by atoms with E-state index in [0.29, 0.717) is 37.1 Å². The standard InChI is InChI=1S/C51H85N15O12S/c1-26(2)19-35(60-42(69)33(53)11-8-9-17-52)44(71)59-34(12-10-18-57-51(54)55)43(70)65-40(28(5)6)49(76)63-37(21-30-13-15-32(68)16-14-30)46(73)61-36(20-27(3)4)45(72)62-38(22-31-23-56-25-58-31)47(74)64-39(24-79)48(75)66-41(29(7)67)50(77)78/h13-16,23,25-29,33-41,67-68,79H,8-12,17-22,24,52-53H2,1-7H3,(H,56,58)(H,59,71)(H,60,69)(H,61,73)(H,62,72)(H,63,76)(H,64,74)(H,65,70)(H,66,75)(H,77,78)(H4,54,55,57)/t29-,33+,34+,35+,36+,37+,38+,39+,40+,41+/m1/s1. The Morgan fingerprint density at radius 2 is 1.10 bits per heavy atom. The maximum atomic E-state index is 14.6. The first-order valence-electron chi connectivity index (χ1n) is 26.4. The molecule has 2 rings (SSSR count). The normalized spacial score (nSPS) is 15.1. The lowest BCUT2D eigenvalue weighted by Gasteiger charge is -2.29. The molecule has 0 saturated heterocycles. The van der Waals surface area contributed by atoms with E-state index in [1.807, 2.05) is 13.8 Å². The third kappa shape index (κ3) is 25.1. The number of hydrogen-bond donors (Lipinski definition) is 17. The Balaban J connectivity index is 2.51. The van der Waals surface area contributed by atoms with E-state index < -0.39 is 120 Å². The molecule has 27 nitrogen and oxygen atoms in total. The number of nitrogens with two attached hydrogens (primary N) is 4. The number of carboxylic acid groups (broad SMARTS) is 1. The molecule has 8 amide bonds. The predicted molar refractivity (Wildman–Crippen MR) is 297 cm³/mol. The van der Waals surface area contributed by atoms with Crippen molar-refractivity contribution in [3.63, 3.8) is 0 Å². The second kappa shape index (κ2) is 34.8. The van der Waals surface area contributed by atoms with Crippen LogP contribution in [-0.2, 0) is 56.0 Å². The van der Waals surface area contributed by atoms with E-state index in [9.17, 15) is 58.5 Å². The van der Waals surface area contributed by atoms with Crippen LogP contribution in [0.3, 0.4) is 0 Å². The van der Waals surface area contributed by atoms with Gasteiger partial charge in [0.15, 0.2) is 12.0 Å².